The molecule has 2 N–H and O–H groups in total. The number of carbonyl (C=O) groups excluding carboxylic acids is 1. The summed E-state index contributed by atoms with van der Waals surface area (Å²) in [5.74, 6) is 0. The van der Waals surface area contributed by atoms with Crippen molar-refractivity contribution in [3.05, 3.63) is 0 Å². The summed E-state index contributed by atoms with van der Waals surface area (Å²) >= 11 is 0. The quantitative estimate of drug-likeness (QED) is 0.831. The second-order valence-corrected chi connectivity index (χ2v) is 8.65. The van der Waals surface area contributed by atoms with Crippen molar-refractivity contribution in [2.75, 3.05) is 6.54 Å². The van der Waals surface area contributed by atoms with Gasteiger partial charge in [0.05, 0.1) is 6.10 Å². The highest BCUT2D eigenvalue weighted by molar-refractivity contribution is 5.68. The van der Waals surface area contributed by atoms with Crippen molar-refractivity contribution in [2.45, 2.75) is 103 Å². The monoisotopic (exact) mass is 328 g/mol. The molecule has 0 heterocycles. The molecule has 0 radical (unpaired) electrons. The molecule has 3 unspecified atom stereocenters. The van der Waals surface area contributed by atoms with Crippen molar-refractivity contribution >= 4 is 6.09 Å². The summed E-state index contributed by atoms with van der Waals surface area (Å²) in [4.78, 5) is 14.6. The zero-order chi connectivity index (χ0) is 17.8. The molecule has 5 nitrogen and oxygen atoms in total. The van der Waals surface area contributed by atoms with Crippen LogP contribution in [0.15, 0.2) is 0 Å². The van der Waals surface area contributed by atoms with Gasteiger partial charge in [-0.2, -0.15) is 0 Å². The van der Waals surface area contributed by atoms with E-state index in [2.05, 4.69) is 37.9 Å². The number of hydrogen-bond donors (Lipinski definition) is 2. The Kier molecular flexibility index (Phi) is 6.90. The van der Waals surface area contributed by atoms with Crippen LogP contribution < -0.4 is 5.32 Å². The van der Waals surface area contributed by atoms with Crippen molar-refractivity contribution in [2.24, 2.45) is 0 Å². The fourth-order valence-corrected chi connectivity index (χ4v) is 3.34. The van der Waals surface area contributed by atoms with Crippen molar-refractivity contribution in [3.63, 3.8) is 0 Å². The number of aliphatic hydroxyl groups is 1. The molecule has 0 aromatic heterocycles. The summed E-state index contributed by atoms with van der Waals surface area (Å²) in [5, 5.41) is 13.2. The Morgan fingerprint density at radius 3 is 2.30 bits per heavy atom. The first-order valence-corrected chi connectivity index (χ1v) is 8.88. The van der Waals surface area contributed by atoms with Gasteiger partial charge in [-0.15, -0.1) is 0 Å². The molecule has 0 saturated heterocycles. The number of aliphatic hydroxyl groups excluding tert-OH is 1. The van der Waals surface area contributed by atoms with Crippen molar-refractivity contribution in [1.29, 1.82) is 0 Å². The first-order chi connectivity index (χ1) is 10.4. The zero-order valence-corrected chi connectivity index (χ0v) is 16.0. The minimum Gasteiger partial charge on any atom is -0.444 e. The van der Waals surface area contributed by atoms with Gasteiger partial charge in [0.1, 0.15) is 5.60 Å². The molecular formula is C18H36N2O3. The highest BCUT2D eigenvalue weighted by Gasteiger charge is 2.39. The summed E-state index contributed by atoms with van der Waals surface area (Å²) in [7, 11) is 0. The highest BCUT2D eigenvalue weighted by atomic mass is 16.6. The molecule has 1 aliphatic carbocycles. The first kappa shape index (κ1) is 20.2. The lowest BCUT2D eigenvalue weighted by Crippen LogP contribution is -2.60. The van der Waals surface area contributed by atoms with Crippen LogP contribution in [0.4, 0.5) is 4.79 Å². The fourth-order valence-electron chi connectivity index (χ4n) is 3.34. The van der Waals surface area contributed by atoms with Crippen LogP contribution >= 0.6 is 0 Å². The number of alkyl carbamates (subject to hydrolysis) is 1. The summed E-state index contributed by atoms with van der Waals surface area (Å²) in [6.07, 6.45) is 2.58. The van der Waals surface area contributed by atoms with Crippen LogP contribution in [0.2, 0.25) is 0 Å². The highest BCUT2D eigenvalue weighted by Crippen LogP contribution is 2.29. The van der Waals surface area contributed by atoms with Crippen molar-refractivity contribution in [1.82, 2.24) is 10.2 Å². The summed E-state index contributed by atoms with van der Waals surface area (Å²) in [6, 6.07) is 0.144. The van der Waals surface area contributed by atoms with E-state index in [0.29, 0.717) is 6.42 Å². The minimum atomic E-state index is -0.499. The maximum absolute atomic E-state index is 12.2. The van der Waals surface area contributed by atoms with E-state index in [1.807, 2.05) is 20.8 Å². The molecule has 1 rings (SSSR count). The Morgan fingerprint density at radius 2 is 1.83 bits per heavy atom. The van der Waals surface area contributed by atoms with E-state index in [0.717, 1.165) is 25.8 Å². The van der Waals surface area contributed by atoms with E-state index < -0.39 is 5.60 Å². The third-order valence-corrected chi connectivity index (χ3v) is 4.22. The molecule has 23 heavy (non-hydrogen) atoms. The topological polar surface area (TPSA) is 61.8 Å². The lowest BCUT2D eigenvalue weighted by molar-refractivity contribution is -0.00756. The molecule has 1 aliphatic rings. The summed E-state index contributed by atoms with van der Waals surface area (Å²) in [5.41, 5.74) is -0.507. The number of nitrogens with zero attached hydrogens (tertiary/aromatic N) is 1. The Bertz CT molecular complexity index is 385. The van der Waals surface area contributed by atoms with Gasteiger partial charge in [-0.25, -0.2) is 4.79 Å². The van der Waals surface area contributed by atoms with E-state index in [1.165, 1.54) is 0 Å². The molecule has 3 atom stereocenters. The van der Waals surface area contributed by atoms with E-state index in [9.17, 15) is 9.90 Å². The van der Waals surface area contributed by atoms with E-state index >= 15 is 0 Å². The van der Waals surface area contributed by atoms with Crippen molar-refractivity contribution in [3.8, 4) is 0 Å². The standard InChI is InChI=1S/C18H36N2O3/c1-8-11-20(17(2,3)4)15-12-13(21)9-10-14(15)19-16(22)23-18(5,6)7/h13-15,21H,8-12H2,1-7H3,(H,19,22). The van der Waals surface area contributed by atoms with Crippen LogP contribution in [0.25, 0.3) is 0 Å². The second kappa shape index (κ2) is 7.84. The number of carbonyl (C=O) groups is 1. The molecule has 1 saturated carbocycles. The number of hydrogen-bond acceptors (Lipinski definition) is 4. The summed E-state index contributed by atoms with van der Waals surface area (Å²) < 4.78 is 5.41. The van der Waals surface area contributed by atoms with Gasteiger partial charge in [0.15, 0.2) is 0 Å². The molecule has 5 heteroatoms. The smallest absolute Gasteiger partial charge is 0.407 e. The van der Waals surface area contributed by atoms with Gasteiger partial charge in [-0.3, -0.25) is 4.90 Å². The van der Waals surface area contributed by atoms with Crippen LogP contribution in [-0.4, -0.2) is 52.0 Å². The zero-order valence-electron chi connectivity index (χ0n) is 16.0. The van der Waals surface area contributed by atoms with E-state index in [4.69, 9.17) is 4.74 Å². The molecule has 0 aliphatic heterocycles. The predicted molar refractivity (Wildman–Crippen MR) is 93.6 cm³/mol. The molecular weight excluding hydrogens is 292 g/mol. The van der Waals surface area contributed by atoms with Gasteiger partial charge >= 0.3 is 6.09 Å². The molecule has 0 aromatic rings. The minimum absolute atomic E-state index is 0.00833. The predicted octanol–water partition coefficient (Wildman–Crippen LogP) is 3.30. The second-order valence-electron chi connectivity index (χ2n) is 8.65. The Balaban J connectivity index is 2.87. The van der Waals surface area contributed by atoms with E-state index in [1.54, 1.807) is 0 Å². The Morgan fingerprint density at radius 1 is 1.22 bits per heavy atom. The third-order valence-electron chi connectivity index (χ3n) is 4.22. The van der Waals surface area contributed by atoms with Gasteiger partial charge in [-0.1, -0.05) is 6.92 Å². The van der Waals surface area contributed by atoms with Gasteiger partial charge in [0, 0.05) is 17.6 Å². The normalized spacial score (nSPS) is 26.2. The number of ether oxygens (including phenoxy) is 1. The SMILES string of the molecule is CCCN(C1CC(O)CCC1NC(=O)OC(C)(C)C)C(C)(C)C. The number of nitrogens with one attached hydrogen (secondary N) is 1. The molecule has 0 spiro atoms. The van der Waals surface area contributed by atoms with Crippen molar-refractivity contribution < 1.29 is 14.6 Å². The summed E-state index contributed by atoms with van der Waals surface area (Å²) in [6.45, 7) is 15.3. The average Bonchev–Trinajstić information content (AvgIpc) is 2.34. The fraction of sp³-hybridized carbons (Fsp3) is 0.944. The molecule has 0 aromatic carbocycles. The van der Waals surface area contributed by atoms with Crippen LogP contribution in [-0.2, 0) is 4.74 Å². The third kappa shape index (κ3) is 6.68. The largest absolute Gasteiger partial charge is 0.444 e. The van der Waals surface area contributed by atoms with Crippen LogP contribution in [0, 0.1) is 0 Å². The lowest BCUT2D eigenvalue weighted by atomic mass is 9.85. The maximum Gasteiger partial charge on any atom is 0.407 e. The lowest BCUT2D eigenvalue weighted by Gasteiger charge is -2.47. The van der Waals surface area contributed by atoms with Gasteiger partial charge in [0.2, 0.25) is 0 Å². The molecule has 136 valence electrons. The van der Waals surface area contributed by atoms with Gasteiger partial charge < -0.3 is 15.2 Å². The molecule has 1 amide bonds. The van der Waals surface area contributed by atoms with Crippen LogP contribution in [0.5, 0.6) is 0 Å². The van der Waals surface area contributed by atoms with Gasteiger partial charge in [0.25, 0.3) is 0 Å². The number of rotatable bonds is 4. The Labute approximate surface area is 141 Å². The molecule has 1 fully saturated rings. The van der Waals surface area contributed by atoms with Crippen LogP contribution in [0.1, 0.15) is 74.1 Å². The van der Waals surface area contributed by atoms with Crippen LogP contribution in [0.3, 0.4) is 0 Å². The maximum atomic E-state index is 12.2. The Hall–Kier alpha value is -0.810. The average molecular weight is 328 g/mol. The van der Waals surface area contributed by atoms with Gasteiger partial charge in [-0.05, 0) is 73.8 Å². The first-order valence-electron chi connectivity index (χ1n) is 8.88. The number of amides is 1. The molecule has 0 bridgehead atoms. The van der Waals surface area contributed by atoms with E-state index in [-0.39, 0.29) is 29.8 Å².